The molecule has 2 aromatic rings. The number of hydrogen-bond acceptors (Lipinski definition) is 3. The van der Waals surface area contributed by atoms with E-state index in [2.05, 4.69) is 36.1 Å². The molecule has 3 nitrogen and oxygen atoms in total. The standard InChI is InChI=1S/C21H24O3Se/c1-23-20-13-11-18(12-14-20)17-24-15-5-7-19(22)8-6-16-25-21-9-3-2-4-10-21/h2-4,9-14,19,22H,6,8,15-17H2,1H3. The van der Waals surface area contributed by atoms with E-state index in [1.54, 1.807) is 7.11 Å². The van der Waals surface area contributed by atoms with Gasteiger partial charge in [0, 0.05) is 0 Å². The number of aliphatic hydroxyl groups is 1. The Labute approximate surface area is 156 Å². The normalized spacial score (nSPS) is 11.4. The molecular formula is C21H24O3Se. The summed E-state index contributed by atoms with van der Waals surface area (Å²) in [4.78, 5) is 0. The second-order valence-corrected chi connectivity index (χ2v) is 7.93. The third-order valence-electron chi connectivity index (χ3n) is 3.50. The van der Waals surface area contributed by atoms with Gasteiger partial charge in [0.25, 0.3) is 0 Å². The van der Waals surface area contributed by atoms with Crippen molar-refractivity contribution in [1.82, 2.24) is 0 Å². The van der Waals surface area contributed by atoms with Crippen LogP contribution in [0.1, 0.15) is 18.4 Å². The van der Waals surface area contributed by atoms with Crippen molar-refractivity contribution in [2.24, 2.45) is 0 Å². The summed E-state index contributed by atoms with van der Waals surface area (Å²) in [6, 6.07) is 18.3. The molecule has 0 aliphatic carbocycles. The summed E-state index contributed by atoms with van der Waals surface area (Å²) in [5, 5.41) is 11.0. The van der Waals surface area contributed by atoms with Crippen LogP contribution in [0.3, 0.4) is 0 Å². The molecule has 0 radical (unpaired) electrons. The maximum atomic E-state index is 9.88. The van der Waals surface area contributed by atoms with Crippen LogP contribution in [0.5, 0.6) is 5.75 Å². The molecule has 2 rings (SSSR count). The first-order valence-electron chi connectivity index (χ1n) is 8.33. The minimum atomic E-state index is -0.559. The van der Waals surface area contributed by atoms with Crippen LogP contribution in [0, 0.1) is 11.8 Å². The van der Waals surface area contributed by atoms with Crippen LogP contribution >= 0.6 is 0 Å². The van der Waals surface area contributed by atoms with E-state index in [9.17, 15) is 5.11 Å². The molecular weight excluding hydrogens is 379 g/mol. The van der Waals surface area contributed by atoms with Crippen LogP contribution in [-0.2, 0) is 11.3 Å². The molecule has 0 bridgehead atoms. The summed E-state index contributed by atoms with van der Waals surface area (Å²) in [5.41, 5.74) is 1.08. The fourth-order valence-corrected chi connectivity index (χ4v) is 4.04. The Morgan fingerprint density at radius 1 is 1.08 bits per heavy atom. The predicted molar refractivity (Wildman–Crippen MR) is 102 cm³/mol. The molecule has 0 saturated heterocycles. The molecule has 0 aliphatic rings. The maximum absolute atomic E-state index is 9.88. The van der Waals surface area contributed by atoms with Crippen LogP contribution in [0.15, 0.2) is 54.6 Å². The zero-order chi connectivity index (χ0) is 17.7. The van der Waals surface area contributed by atoms with Crippen molar-refractivity contribution in [2.45, 2.75) is 30.9 Å². The van der Waals surface area contributed by atoms with E-state index in [1.165, 1.54) is 4.46 Å². The van der Waals surface area contributed by atoms with Gasteiger partial charge in [0.2, 0.25) is 0 Å². The molecule has 0 fully saturated rings. The Morgan fingerprint density at radius 3 is 2.56 bits per heavy atom. The van der Waals surface area contributed by atoms with E-state index < -0.39 is 6.10 Å². The van der Waals surface area contributed by atoms with E-state index in [-0.39, 0.29) is 0 Å². The molecule has 0 amide bonds. The van der Waals surface area contributed by atoms with Gasteiger partial charge in [-0.25, -0.2) is 0 Å². The molecule has 0 aliphatic heterocycles. The van der Waals surface area contributed by atoms with Crippen molar-refractivity contribution in [3.63, 3.8) is 0 Å². The summed E-state index contributed by atoms with van der Waals surface area (Å²) >= 11 is 0.482. The van der Waals surface area contributed by atoms with Gasteiger partial charge in [-0.15, -0.1) is 0 Å². The van der Waals surface area contributed by atoms with Crippen molar-refractivity contribution in [3.8, 4) is 17.6 Å². The van der Waals surface area contributed by atoms with Gasteiger partial charge in [-0.3, -0.25) is 0 Å². The molecule has 132 valence electrons. The summed E-state index contributed by atoms with van der Waals surface area (Å²) < 4.78 is 12.0. The van der Waals surface area contributed by atoms with Crippen LogP contribution in [0.4, 0.5) is 0 Å². The van der Waals surface area contributed by atoms with Gasteiger partial charge in [-0.05, 0) is 0 Å². The quantitative estimate of drug-likeness (QED) is 0.398. The van der Waals surface area contributed by atoms with Gasteiger partial charge in [0.1, 0.15) is 5.75 Å². The second kappa shape index (κ2) is 11.7. The molecule has 0 spiro atoms. The van der Waals surface area contributed by atoms with Crippen LogP contribution in [-0.4, -0.2) is 39.9 Å². The van der Waals surface area contributed by atoms with E-state index in [1.807, 2.05) is 30.3 Å². The second-order valence-electron chi connectivity index (χ2n) is 5.48. The topological polar surface area (TPSA) is 38.7 Å². The average Bonchev–Trinajstić information content (AvgIpc) is 2.66. The summed E-state index contributed by atoms with van der Waals surface area (Å²) in [5.74, 6) is 6.58. The Morgan fingerprint density at radius 2 is 1.84 bits per heavy atom. The first-order chi connectivity index (χ1) is 12.3. The molecule has 4 heteroatoms. The summed E-state index contributed by atoms with van der Waals surface area (Å²) in [6.45, 7) is 0.839. The van der Waals surface area contributed by atoms with Crippen molar-refractivity contribution in [2.75, 3.05) is 13.7 Å². The molecule has 0 aromatic heterocycles. The van der Waals surface area contributed by atoms with Gasteiger partial charge in [-0.2, -0.15) is 0 Å². The molecule has 2 aromatic carbocycles. The summed E-state index contributed by atoms with van der Waals surface area (Å²) in [7, 11) is 1.65. The fraction of sp³-hybridized carbons (Fsp3) is 0.333. The molecule has 1 N–H and O–H groups in total. The van der Waals surface area contributed by atoms with Crippen molar-refractivity contribution < 1.29 is 14.6 Å². The Kier molecular flexibility index (Phi) is 9.18. The fourth-order valence-electron chi connectivity index (χ4n) is 2.16. The molecule has 1 unspecified atom stereocenters. The number of ether oxygens (including phenoxy) is 2. The van der Waals surface area contributed by atoms with Gasteiger partial charge in [0.15, 0.2) is 0 Å². The number of benzene rings is 2. The number of aliphatic hydroxyl groups excluding tert-OH is 1. The minimum absolute atomic E-state index is 0.330. The zero-order valence-corrected chi connectivity index (χ0v) is 16.2. The van der Waals surface area contributed by atoms with E-state index >= 15 is 0 Å². The van der Waals surface area contributed by atoms with Crippen LogP contribution in [0.2, 0.25) is 5.32 Å². The third-order valence-corrected chi connectivity index (χ3v) is 5.81. The molecule has 0 saturated carbocycles. The van der Waals surface area contributed by atoms with Crippen molar-refractivity contribution in [1.29, 1.82) is 0 Å². The number of hydrogen-bond donors (Lipinski definition) is 1. The Hall–Kier alpha value is -1.76. The van der Waals surface area contributed by atoms with E-state index in [0.717, 1.165) is 29.5 Å². The summed E-state index contributed by atoms with van der Waals surface area (Å²) in [6.07, 6.45) is 1.16. The van der Waals surface area contributed by atoms with Crippen LogP contribution in [0.25, 0.3) is 0 Å². The van der Waals surface area contributed by atoms with Crippen molar-refractivity contribution in [3.05, 3.63) is 60.2 Å². The predicted octanol–water partition coefficient (Wildman–Crippen LogP) is 2.80. The van der Waals surface area contributed by atoms with E-state index in [0.29, 0.717) is 28.2 Å². The van der Waals surface area contributed by atoms with Gasteiger partial charge in [0.05, 0.1) is 7.11 Å². The SMILES string of the molecule is COc1ccc(COCC#CC(O)CCC[Se]c2ccccc2)cc1. The molecule has 25 heavy (non-hydrogen) atoms. The van der Waals surface area contributed by atoms with Gasteiger partial charge < -0.3 is 4.74 Å². The molecule has 1 atom stereocenters. The average molecular weight is 403 g/mol. The van der Waals surface area contributed by atoms with Crippen LogP contribution < -0.4 is 9.20 Å². The van der Waals surface area contributed by atoms with Gasteiger partial charge >= 0.3 is 139 Å². The zero-order valence-electron chi connectivity index (χ0n) is 14.5. The first-order valence-corrected chi connectivity index (χ1v) is 10.4. The van der Waals surface area contributed by atoms with Gasteiger partial charge in [-0.1, -0.05) is 0 Å². The third kappa shape index (κ3) is 8.25. The first kappa shape index (κ1) is 19.6. The number of rotatable bonds is 9. The molecule has 0 heterocycles. The Bertz CT molecular complexity index is 659. The number of methoxy groups -OCH3 is 1. The monoisotopic (exact) mass is 404 g/mol. The van der Waals surface area contributed by atoms with Crippen molar-refractivity contribution >= 4 is 19.4 Å². The Balaban J connectivity index is 1.55. The van der Waals surface area contributed by atoms with E-state index in [4.69, 9.17) is 9.47 Å².